The average Bonchev–Trinajstić information content (AvgIpc) is 3.10. The van der Waals surface area contributed by atoms with Crippen molar-refractivity contribution in [3.05, 3.63) is 76.2 Å². The molecule has 1 amide bonds. The summed E-state index contributed by atoms with van der Waals surface area (Å²) in [5.74, 6) is 1.44. The average molecular weight is 411 g/mol. The molecule has 1 aliphatic rings. The highest BCUT2D eigenvalue weighted by atomic mass is 35.5. The molecule has 1 N–H and O–H groups in total. The van der Waals surface area contributed by atoms with Crippen LogP contribution >= 0.6 is 11.6 Å². The van der Waals surface area contributed by atoms with Gasteiger partial charge in [-0.3, -0.25) is 9.59 Å². The lowest BCUT2D eigenvalue weighted by molar-refractivity contribution is -0.117. The molecule has 29 heavy (non-hydrogen) atoms. The zero-order chi connectivity index (χ0) is 20.4. The maximum atomic E-state index is 12.5. The lowest BCUT2D eigenvalue weighted by Crippen LogP contribution is -2.29. The van der Waals surface area contributed by atoms with Crippen LogP contribution in [0.1, 0.15) is 6.42 Å². The van der Waals surface area contributed by atoms with Crippen molar-refractivity contribution in [2.45, 2.75) is 12.5 Å². The molecule has 0 aliphatic carbocycles. The van der Waals surface area contributed by atoms with E-state index in [1.807, 2.05) is 54.6 Å². The molecule has 0 saturated carbocycles. The van der Waals surface area contributed by atoms with Crippen molar-refractivity contribution in [1.82, 2.24) is 9.78 Å². The summed E-state index contributed by atoms with van der Waals surface area (Å²) >= 11 is 6.10. The van der Waals surface area contributed by atoms with Gasteiger partial charge in [0.1, 0.15) is 16.5 Å². The standard InChI is InChI=1S/C21H19ClN4O3/c1-25-21(28)20(22)18(12-23-25)24-14-11-19(27)26(13-14)15-7-9-17(10-8-15)29-16-5-3-2-4-6-16/h2-10,12,14,24H,11,13H2,1H3. The molecule has 3 aromatic rings. The first-order valence-electron chi connectivity index (χ1n) is 9.13. The van der Waals surface area contributed by atoms with Crippen LogP contribution in [0.3, 0.4) is 0 Å². The number of hydrogen-bond donors (Lipinski definition) is 1. The summed E-state index contributed by atoms with van der Waals surface area (Å²) in [6.45, 7) is 0.462. The van der Waals surface area contributed by atoms with E-state index < -0.39 is 0 Å². The maximum Gasteiger partial charge on any atom is 0.287 e. The number of para-hydroxylation sites is 1. The van der Waals surface area contributed by atoms with Crippen molar-refractivity contribution in [2.24, 2.45) is 7.05 Å². The third-order valence-corrected chi connectivity index (χ3v) is 5.06. The number of aromatic nitrogens is 2. The fourth-order valence-corrected chi connectivity index (χ4v) is 3.43. The molecule has 0 spiro atoms. The van der Waals surface area contributed by atoms with Gasteiger partial charge in [-0.25, -0.2) is 4.68 Å². The van der Waals surface area contributed by atoms with Gasteiger partial charge in [-0.05, 0) is 36.4 Å². The van der Waals surface area contributed by atoms with Gasteiger partial charge in [0.05, 0.1) is 17.9 Å². The third kappa shape index (κ3) is 4.09. The van der Waals surface area contributed by atoms with E-state index in [0.717, 1.165) is 11.4 Å². The highest BCUT2D eigenvalue weighted by Gasteiger charge is 2.31. The molecule has 1 saturated heterocycles. The van der Waals surface area contributed by atoms with Gasteiger partial charge >= 0.3 is 0 Å². The maximum absolute atomic E-state index is 12.5. The third-order valence-electron chi connectivity index (χ3n) is 4.69. The van der Waals surface area contributed by atoms with Crippen molar-refractivity contribution in [1.29, 1.82) is 0 Å². The second kappa shape index (κ2) is 7.97. The molecule has 0 bridgehead atoms. The molecule has 1 fully saturated rings. The first-order valence-corrected chi connectivity index (χ1v) is 9.51. The molecule has 1 atom stereocenters. The van der Waals surface area contributed by atoms with E-state index in [1.54, 1.807) is 4.90 Å². The zero-order valence-electron chi connectivity index (χ0n) is 15.7. The Morgan fingerprint density at radius 2 is 1.76 bits per heavy atom. The number of carbonyl (C=O) groups excluding carboxylic acids is 1. The first-order chi connectivity index (χ1) is 14.0. The number of carbonyl (C=O) groups is 1. The number of anilines is 2. The van der Waals surface area contributed by atoms with Gasteiger partial charge in [0.25, 0.3) is 5.56 Å². The number of ether oxygens (including phenoxy) is 1. The van der Waals surface area contributed by atoms with Gasteiger partial charge in [0.15, 0.2) is 0 Å². The van der Waals surface area contributed by atoms with Crippen molar-refractivity contribution in [3.8, 4) is 11.5 Å². The van der Waals surface area contributed by atoms with E-state index in [-0.39, 0.29) is 22.5 Å². The Hall–Kier alpha value is -3.32. The molecular weight excluding hydrogens is 392 g/mol. The number of benzene rings is 2. The quantitative estimate of drug-likeness (QED) is 0.697. The number of rotatable bonds is 5. The van der Waals surface area contributed by atoms with Crippen LogP contribution in [0.5, 0.6) is 11.5 Å². The van der Waals surface area contributed by atoms with E-state index in [1.165, 1.54) is 17.9 Å². The number of hydrogen-bond acceptors (Lipinski definition) is 5. The van der Waals surface area contributed by atoms with E-state index in [0.29, 0.717) is 24.4 Å². The molecule has 1 unspecified atom stereocenters. The van der Waals surface area contributed by atoms with Crippen LogP contribution in [0, 0.1) is 0 Å². The summed E-state index contributed by atoms with van der Waals surface area (Å²) < 4.78 is 6.95. The first kappa shape index (κ1) is 19.0. The molecular formula is C21H19ClN4O3. The fraction of sp³-hybridized carbons (Fsp3) is 0.190. The molecule has 4 rings (SSSR count). The Kier molecular flexibility index (Phi) is 5.22. The van der Waals surface area contributed by atoms with Crippen molar-refractivity contribution >= 4 is 28.9 Å². The Labute approximate surface area is 172 Å². The molecule has 8 heteroatoms. The van der Waals surface area contributed by atoms with E-state index in [2.05, 4.69) is 10.4 Å². The summed E-state index contributed by atoms with van der Waals surface area (Å²) in [7, 11) is 1.53. The van der Waals surface area contributed by atoms with Gasteiger partial charge in [-0.1, -0.05) is 29.8 Å². The topological polar surface area (TPSA) is 76.5 Å². The number of amides is 1. The molecule has 148 valence electrons. The van der Waals surface area contributed by atoms with Crippen LogP contribution < -0.4 is 20.5 Å². The van der Waals surface area contributed by atoms with E-state index in [4.69, 9.17) is 16.3 Å². The lowest BCUT2D eigenvalue weighted by Gasteiger charge is -2.18. The van der Waals surface area contributed by atoms with Crippen LogP contribution in [-0.2, 0) is 11.8 Å². The van der Waals surface area contributed by atoms with Gasteiger partial charge < -0.3 is 15.0 Å². The minimum atomic E-state index is -0.383. The van der Waals surface area contributed by atoms with E-state index in [9.17, 15) is 9.59 Å². The van der Waals surface area contributed by atoms with Crippen LogP contribution in [0.15, 0.2) is 65.6 Å². The monoisotopic (exact) mass is 410 g/mol. The highest BCUT2D eigenvalue weighted by molar-refractivity contribution is 6.32. The summed E-state index contributed by atoms with van der Waals surface area (Å²) in [4.78, 5) is 26.1. The van der Waals surface area contributed by atoms with Crippen molar-refractivity contribution in [3.63, 3.8) is 0 Å². The summed E-state index contributed by atoms with van der Waals surface area (Å²) in [5, 5.41) is 7.19. The second-order valence-corrected chi connectivity index (χ2v) is 7.14. The van der Waals surface area contributed by atoms with Gasteiger partial charge in [-0.2, -0.15) is 5.10 Å². The highest BCUT2D eigenvalue weighted by Crippen LogP contribution is 2.28. The van der Waals surface area contributed by atoms with Gasteiger partial charge in [0.2, 0.25) is 5.91 Å². The van der Waals surface area contributed by atoms with Crippen LogP contribution in [0.25, 0.3) is 0 Å². The summed E-state index contributed by atoms with van der Waals surface area (Å²) in [5.41, 5.74) is 0.834. The predicted octanol–water partition coefficient (Wildman–Crippen LogP) is 3.44. The Morgan fingerprint density at radius 3 is 2.48 bits per heavy atom. The number of aryl methyl sites for hydroxylation is 1. The normalized spacial score (nSPS) is 16.1. The van der Waals surface area contributed by atoms with Crippen LogP contribution in [0.4, 0.5) is 11.4 Å². The molecule has 1 aliphatic heterocycles. The van der Waals surface area contributed by atoms with Crippen molar-refractivity contribution in [2.75, 3.05) is 16.8 Å². The summed E-state index contributed by atoms with van der Waals surface area (Å²) in [6, 6.07) is 16.7. The van der Waals surface area contributed by atoms with Crippen molar-refractivity contribution < 1.29 is 9.53 Å². The van der Waals surface area contributed by atoms with Gasteiger partial charge in [0, 0.05) is 25.7 Å². The predicted molar refractivity (Wildman–Crippen MR) is 112 cm³/mol. The zero-order valence-corrected chi connectivity index (χ0v) is 16.5. The minimum Gasteiger partial charge on any atom is -0.457 e. The fourth-order valence-electron chi connectivity index (χ4n) is 3.20. The smallest absolute Gasteiger partial charge is 0.287 e. The Morgan fingerprint density at radius 1 is 1.07 bits per heavy atom. The number of nitrogens with one attached hydrogen (secondary N) is 1. The molecule has 0 radical (unpaired) electrons. The molecule has 2 heterocycles. The Balaban J connectivity index is 1.44. The SMILES string of the molecule is Cn1ncc(NC2CC(=O)N(c3ccc(Oc4ccccc4)cc3)C2)c(Cl)c1=O. The van der Waals surface area contributed by atoms with Crippen LogP contribution in [-0.4, -0.2) is 28.3 Å². The number of nitrogens with zero attached hydrogens (tertiary/aromatic N) is 3. The second-order valence-electron chi connectivity index (χ2n) is 6.76. The minimum absolute atomic E-state index is 0.00728. The summed E-state index contributed by atoms with van der Waals surface area (Å²) in [6.07, 6.45) is 1.79. The number of halogens is 1. The molecule has 7 nitrogen and oxygen atoms in total. The lowest BCUT2D eigenvalue weighted by atomic mass is 10.2. The molecule has 1 aromatic heterocycles. The Bertz CT molecular complexity index is 1080. The van der Waals surface area contributed by atoms with E-state index >= 15 is 0 Å². The largest absolute Gasteiger partial charge is 0.457 e. The molecule has 2 aromatic carbocycles. The van der Waals surface area contributed by atoms with Crippen LogP contribution in [0.2, 0.25) is 5.02 Å². The van der Waals surface area contributed by atoms with Gasteiger partial charge in [-0.15, -0.1) is 0 Å².